The number of allylic oxidation sites excluding steroid dienone is 1. The Balaban J connectivity index is 1.90. The number of rotatable bonds is 2. The first-order valence-electron chi connectivity index (χ1n) is 7.11. The van der Waals surface area contributed by atoms with Gasteiger partial charge in [0, 0.05) is 6.04 Å². The van der Waals surface area contributed by atoms with Gasteiger partial charge in [-0.2, -0.15) is 0 Å². The average molecular weight is 290 g/mol. The lowest BCUT2D eigenvalue weighted by molar-refractivity contribution is 0.0502. The largest absolute Gasteiger partial charge is 0.444 e. The molecule has 0 saturated carbocycles. The maximum absolute atomic E-state index is 11.7. The molecule has 6 heteroatoms. The lowest BCUT2D eigenvalue weighted by Gasteiger charge is -2.25. The van der Waals surface area contributed by atoms with Crippen LogP contribution < -0.4 is 11.1 Å². The number of nitrogens with two attached hydrogens (primary N) is 1. The van der Waals surface area contributed by atoms with Crippen LogP contribution in [0.2, 0.25) is 0 Å². The highest BCUT2D eigenvalue weighted by Gasteiger charge is 2.21. The van der Waals surface area contributed by atoms with Crippen molar-refractivity contribution in [3.05, 3.63) is 23.9 Å². The number of nitrogen functional groups attached to an aromatic ring is 1. The summed E-state index contributed by atoms with van der Waals surface area (Å²) in [6.07, 6.45) is 4.19. The Morgan fingerprint density at radius 2 is 2.14 bits per heavy atom. The van der Waals surface area contributed by atoms with E-state index < -0.39 is 5.60 Å². The Hall–Kier alpha value is -2.11. The van der Waals surface area contributed by atoms with E-state index in [-0.39, 0.29) is 12.1 Å². The monoisotopic (exact) mass is 290 g/mol. The topological polar surface area (TPSA) is 90.1 Å². The van der Waals surface area contributed by atoms with E-state index in [9.17, 15) is 4.79 Å². The van der Waals surface area contributed by atoms with Crippen LogP contribution in [0.15, 0.2) is 18.2 Å². The third-order valence-electron chi connectivity index (χ3n) is 3.15. The summed E-state index contributed by atoms with van der Waals surface area (Å²) in [5.74, 6) is 0.416. The molecular formula is C15H22N4O2. The standard InChI is InChI=1S/C15H22N4O2/c1-15(2,3)21-14(20)17-11-6-4-10(5-7-11)12-8-9-13(16)19-18-12/h4,8-9,11H,5-7H2,1-3H3,(H2,16,19)(H,17,20). The van der Waals surface area contributed by atoms with Crippen LogP contribution in [0.3, 0.4) is 0 Å². The highest BCUT2D eigenvalue weighted by molar-refractivity contribution is 5.69. The molecule has 1 unspecified atom stereocenters. The highest BCUT2D eigenvalue weighted by Crippen LogP contribution is 2.25. The van der Waals surface area contributed by atoms with Crippen LogP contribution in [0, 0.1) is 0 Å². The molecule has 0 saturated heterocycles. The Labute approximate surface area is 124 Å². The predicted molar refractivity (Wildman–Crippen MR) is 81.4 cm³/mol. The molecule has 6 nitrogen and oxygen atoms in total. The molecule has 1 aromatic rings. The minimum Gasteiger partial charge on any atom is -0.444 e. The number of alkyl carbamates (subject to hydrolysis) is 1. The molecule has 0 aromatic carbocycles. The van der Waals surface area contributed by atoms with E-state index >= 15 is 0 Å². The van der Waals surface area contributed by atoms with Gasteiger partial charge in [-0.15, -0.1) is 10.2 Å². The van der Waals surface area contributed by atoms with E-state index in [1.807, 2.05) is 26.8 Å². The molecule has 114 valence electrons. The van der Waals surface area contributed by atoms with E-state index in [1.165, 1.54) is 0 Å². The number of carbonyl (C=O) groups excluding carboxylic acids is 1. The van der Waals surface area contributed by atoms with Crippen molar-refractivity contribution in [2.24, 2.45) is 0 Å². The molecule has 2 rings (SSSR count). The van der Waals surface area contributed by atoms with E-state index in [2.05, 4.69) is 21.6 Å². The fourth-order valence-corrected chi connectivity index (χ4v) is 2.19. The summed E-state index contributed by atoms with van der Waals surface area (Å²) < 4.78 is 5.26. The summed E-state index contributed by atoms with van der Waals surface area (Å²) in [5, 5.41) is 10.8. The smallest absolute Gasteiger partial charge is 0.407 e. The minimum atomic E-state index is -0.473. The van der Waals surface area contributed by atoms with Crippen LogP contribution in [-0.4, -0.2) is 27.9 Å². The Kier molecular flexibility index (Phi) is 4.45. The van der Waals surface area contributed by atoms with Crippen molar-refractivity contribution in [1.82, 2.24) is 15.5 Å². The molecular weight excluding hydrogens is 268 g/mol. The lowest BCUT2D eigenvalue weighted by Crippen LogP contribution is -2.39. The molecule has 1 aromatic heterocycles. The second kappa shape index (κ2) is 6.11. The van der Waals surface area contributed by atoms with Gasteiger partial charge < -0.3 is 15.8 Å². The van der Waals surface area contributed by atoms with Gasteiger partial charge in [0.1, 0.15) is 11.4 Å². The van der Waals surface area contributed by atoms with Gasteiger partial charge in [-0.05, 0) is 57.7 Å². The molecule has 1 atom stereocenters. The van der Waals surface area contributed by atoms with Crippen molar-refractivity contribution in [2.45, 2.75) is 51.7 Å². The number of aromatic nitrogens is 2. The number of amides is 1. The van der Waals surface area contributed by atoms with Crippen LogP contribution in [0.1, 0.15) is 45.7 Å². The van der Waals surface area contributed by atoms with E-state index in [4.69, 9.17) is 10.5 Å². The van der Waals surface area contributed by atoms with Crippen LogP contribution in [0.5, 0.6) is 0 Å². The quantitative estimate of drug-likeness (QED) is 0.873. The molecule has 0 fully saturated rings. The number of hydrogen-bond donors (Lipinski definition) is 2. The molecule has 1 heterocycles. The third kappa shape index (κ3) is 4.73. The SMILES string of the molecule is CC(C)(C)OC(=O)NC1CC=C(c2ccc(N)nn2)CC1. The van der Waals surface area contributed by atoms with Crippen LogP contribution in [0.4, 0.5) is 10.6 Å². The second-order valence-corrected chi connectivity index (χ2v) is 6.19. The number of hydrogen-bond acceptors (Lipinski definition) is 5. The van der Waals surface area contributed by atoms with Gasteiger partial charge in [0.05, 0.1) is 5.69 Å². The second-order valence-electron chi connectivity index (χ2n) is 6.19. The normalized spacial score (nSPS) is 18.8. The van der Waals surface area contributed by atoms with Crippen molar-refractivity contribution in [2.75, 3.05) is 5.73 Å². The summed E-state index contributed by atoms with van der Waals surface area (Å²) in [7, 11) is 0. The van der Waals surface area contributed by atoms with Gasteiger partial charge in [0.15, 0.2) is 0 Å². The van der Waals surface area contributed by atoms with Gasteiger partial charge in [-0.25, -0.2) is 4.79 Å². The Bertz CT molecular complexity index is 532. The van der Waals surface area contributed by atoms with Crippen molar-refractivity contribution >= 4 is 17.5 Å². The summed E-state index contributed by atoms with van der Waals surface area (Å²) in [5.41, 5.74) is 7.05. The maximum Gasteiger partial charge on any atom is 0.407 e. The predicted octanol–water partition coefficient (Wildman–Crippen LogP) is 2.52. The first kappa shape index (κ1) is 15.3. The van der Waals surface area contributed by atoms with E-state index in [0.717, 1.165) is 30.5 Å². The minimum absolute atomic E-state index is 0.102. The number of carbonyl (C=O) groups is 1. The lowest BCUT2D eigenvalue weighted by atomic mass is 9.93. The van der Waals surface area contributed by atoms with E-state index in [0.29, 0.717) is 5.82 Å². The Morgan fingerprint density at radius 3 is 2.67 bits per heavy atom. The zero-order chi connectivity index (χ0) is 15.5. The molecule has 0 bridgehead atoms. The fourth-order valence-electron chi connectivity index (χ4n) is 2.19. The highest BCUT2D eigenvalue weighted by atomic mass is 16.6. The number of nitrogens with zero attached hydrogens (tertiary/aromatic N) is 2. The van der Waals surface area contributed by atoms with Crippen molar-refractivity contribution < 1.29 is 9.53 Å². The number of nitrogens with one attached hydrogen (secondary N) is 1. The molecule has 1 amide bonds. The van der Waals surface area contributed by atoms with E-state index in [1.54, 1.807) is 6.07 Å². The molecule has 0 radical (unpaired) electrons. The summed E-state index contributed by atoms with van der Waals surface area (Å²) in [6, 6.07) is 3.72. The van der Waals surface area contributed by atoms with Gasteiger partial charge in [0.25, 0.3) is 0 Å². The summed E-state index contributed by atoms with van der Waals surface area (Å²) in [6.45, 7) is 5.56. The summed E-state index contributed by atoms with van der Waals surface area (Å²) >= 11 is 0. The zero-order valence-corrected chi connectivity index (χ0v) is 12.7. The third-order valence-corrected chi connectivity index (χ3v) is 3.15. The van der Waals surface area contributed by atoms with Crippen molar-refractivity contribution in [1.29, 1.82) is 0 Å². The molecule has 1 aliphatic carbocycles. The molecule has 0 aliphatic heterocycles. The van der Waals surface area contributed by atoms with Crippen LogP contribution >= 0.6 is 0 Å². The summed E-state index contributed by atoms with van der Waals surface area (Å²) in [4.78, 5) is 11.7. The first-order valence-corrected chi connectivity index (χ1v) is 7.11. The van der Waals surface area contributed by atoms with Crippen LogP contribution in [-0.2, 0) is 4.74 Å². The van der Waals surface area contributed by atoms with Gasteiger partial charge >= 0.3 is 6.09 Å². The zero-order valence-electron chi connectivity index (χ0n) is 12.7. The number of anilines is 1. The van der Waals surface area contributed by atoms with Crippen molar-refractivity contribution in [3.63, 3.8) is 0 Å². The van der Waals surface area contributed by atoms with Crippen LogP contribution in [0.25, 0.3) is 5.57 Å². The first-order chi connectivity index (χ1) is 9.83. The molecule has 3 N–H and O–H groups in total. The van der Waals surface area contributed by atoms with Gasteiger partial charge in [0.2, 0.25) is 0 Å². The maximum atomic E-state index is 11.7. The van der Waals surface area contributed by atoms with Crippen molar-refractivity contribution in [3.8, 4) is 0 Å². The van der Waals surface area contributed by atoms with Gasteiger partial charge in [-0.3, -0.25) is 0 Å². The fraction of sp³-hybridized carbons (Fsp3) is 0.533. The molecule has 1 aliphatic rings. The number of ether oxygens (including phenoxy) is 1. The van der Waals surface area contributed by atoms with Gasteiger partial charge in [-0.1, -0.05) is 6.08 Å². The molecule has 0 spiro atoms. The Morgan fingerprint density at radius 1 is 1.38 bits per heavy atom. The average Bonchev–Trinajstić information content (AvgIpc) is 2.38. The molecule has 21 heavy (non-hydrogen) atoms.